The fourth-order valence-electron chi connectivity index (χ4n) is 4.36. The highest BCUT2D eigenvalue weighted by molar-refractivity contribution is 5.62. The molecule has 2 aromatic carbocycles. The molecule has 6 nitrogen and oxygen atoms in total. The average Bonchev–Trinajstić information content (AvgIpc) is 2.83. The number of aryl methyl sites for hydroxylation is 3. The lowest BCUT2D eigenvalue weighted by Gasteiger charge is -2.27. The lowest BCUT2D eigenvalue weighted by atomic mass is 9.88. The molecule has 7 heteroatoms. The highest BCUT2D eigenvalue weighted by atomic mass is 19.1. The Morgan fingerprint density at radius 1 is 1.09 bits per heavy atom. The van der Waals surface area contributed by atoms with Crippen LogP contribution >= 0.6 is 0 Å². The van der Waals surface area contributed by atoms with Crippen molar-refractivity contribution in [2.24, 2.45) is 7.05 Å². The van der Waals surface area contributed by atoms with Gasteiger partial charge in [0.1, 0.15) is 5.82 Å². The first-order chi connectivity index (χ1) is 16.5. The van der Waals surface area contributed by atoms with Gasteiger partial charge in [-0.3, -0.25) is 4.79 Å². The van der Waals surface area contributed by atoms with Crippen LogP contribution in [0.2, 0.25) is 0 Å². The monoisotopic (exact) mass is 456 g/mol. The predicted octanol–water partition coefficient (Wildman–Crippen LogP) is 5.57. The zero-order chi connectivity index (χ0) is 23.7. The van der Waals surface area contributed by atoms with E-state index in [9.17, 15) is 9.18 Å². The Kier molecular flexibility index (Phi) is 5.84. The number of hydrogen-bond acceptors (Lipinski definition) is 5. The first-order valence-electron chi connectivity index (χ1n) is 11.3. The number of benzene rings is 2. The van der Waals surface area contributed by atoms with Gasteiger partial charge in [0.15, 0.2) is 11.6 Å². The molecule has 0 saturated carbocycles. The highest BCUT2D eigenvalue weighted by Crippen LogP contribution is 2.34. The Balaban J connectivity index is 1.56. The summed E-state index contributed by atoms with van der Waals surface area (Å²) in [5, 5.41) is 3.54. The summed E-state index contributed by atoms with van der Waals surface area (Å²) < 4.78 is 21.8. The van der Waals surface area contributed by atoms with Crippen LogP contribution in [0.15, 0.2) is 71.7 Å². The molecule has 0 radical (unpaired) electrons. The molecule has 1 atom stereocenters. The number of anilines is 1. The molecule has 2 heterocycles. The molecule has 1 aliphatic carbocycles. The van der Waals surface area contributed by atoms with E-state index in [1.807, 2.05) is 12.1 Å². The smallest absolute Gasteiger partial charge is 0.324 e. The third kappa shape index (κ3) is 4.41. The van der Waals surface area contributed by atoms with Crippen LogP contribution in [0.25, 0.3) is 11.3 Å². The second-order valence-electron chi connectivity index (χ2n) is 8.56. The van der Waals surface area contributed by atoms with Crippen LogP contribution < -0.4 is 15.6 Å². The first kappa shape index (κ1) is 21.8. The van der Waals surface area contributed by atoms with Gasteiger partial charge in [-0.25, -0.2) is 4.39 Å². The van der Waals surface area contributed by atoms with E-state index < -0.39 is 5.82 Å². The second-order valence-corrected chi connectivity index (χ2v) is 8.56. The van der Waals surface area contributed by atoms with E-state index in [2.05, 4.69) is 33.5 Å². The van der Waals surface area contributed by atoms with Gasteiger partial charge in [0.05, 0.1) is 11.7 Å². The molecule has 5 rings (SSSR count). The number of nitrogens with one attached hydrogen (secondary N) is 1. The topological polar surface area (TPSA) is 69.0 Å². The highest BCUT2D eigenvalue weighted by Gasteiger charge is 2.21. The summed E-state index contributed by atoms with van der Waals surface area (Å²) in [6.07, 6.45) is 4.81. The molecular formula is C27H25FN4O2. The van der Waals surface area contributed by atoms with Crippen molar-refractivity contribution in [3.63, 3.8) is 0 Å². The number of aromatic nitrogens is 3. The Morgan fingerprint density at radius 2 is 1.94 bits per heavy atom. The van der Waals surface area contributed by atoms with Crippen LogP contribution in [0.5, 0.6) is 11.8 Å². The summed E-state index contributed by atoms with van der Waals surface area (Å²) in [4.78, 5) is 21.0. The largest absolute Gasteiger partial charge is 0.421 e. The second kappa shape index (κ2) is 9.09. The third-order valence-electron chi connectivity index (χ3n) is 6.14. The molecule has 172 valence electrons. The Morgan fingerprint density at radius 3 is 2.76 bits per heavy atom. The Labute approximate surface area is 197 Å². The van der Waals surface area contributed by atoms with Crippen molar-refractivity contribution in [2.45, 2.75) is 32.2 Å². The van der Waals surface area contributed by atoms with Gasteiger partial charge in [-0.05, 0) is 55.0 Å². The maximum Gasteiger partial charge on any atom is 0.324 e. The summed E-state index contributed by atoms with van der Waals surface area (Å²) in [6, 6.07) is 18.3. The number of ether oxygens (including phenoxy) is 1. The fourth-order valence-corrected chi connectivity index (χ4v) is 4.36. The maximum atomic E-state index is 14.5. The number of halogens is 1. The minimum Gasteiger partial charge on any atom is -0.421 e. The van der Waals surface area contributed by atoms with Gasteiger partial charge >= 0.3 is 6.01 Å². The van der Waals surface area contributed by atoms with Crippen molar-refractivity contribution >= 4 is 5.82 Å². The molecule has 0 unspecified atom stereocenters. The normalized spacial score (nSPS) is 15.0. The van der Waals surface area contributed by atoms with Gasteiger partial charge in [-0.15, -0.1) is 0 Å². The van der Waals surface area contributed by atoms with Gasteiger partial charge < -0.3 is 14.6 Å². The van der Waals surface area contributed by atoms with Crippen LogP contribution in [0.1, 0.15) is 35.6 Å². The van der Waals surface area contributed by atoms with Crippen LogP contribution in [0.3, 0.4) is 0 Å². The van der Waals surface area contributed by atoms with Crippen LogP contribution in [0.4, 0.5) is 10.2 Å². The first-order valence-corrected chi connectivity index (χ1v) is 11.3. The minimum absolute atomic E-state index is 0.0335. The van der Waals surface area contributed by atoms with E-state index in [1.54, 1.807) is 38.4 Å². The van der Waals surface area contributed by atoms with Crippen LogP contribution in [-0.2, 0) is 13.5 Å². The fraction of sp³-hybridized carbons (Fsp3) is 0.222. The average molecular weight is 457 g/mol. The van der Waals surface area contributed by atoms with E-state index in [4.69, 9.17) is 4.74 Å². The van der Waals surface area contributed by atoms with E-state index in [-0.39, 0.29) is 23.4 Å². The van der Waals surface area contributed by atoms with Gasteiger partial charge in [0, 0.05) is 30.9 Å². The zero-order valence-corrected chi connectivity index (χ0v) is 19.1. The van der Waals surface area contributed by atoms with E-state index in [1.165, 1.54) is 27.8 Å². The van der Waals surface area contributed by atoms with Gasteiger partial charge in [-0.2, -0.15) is 9.97 Å². The number of pyridine rings is 1. The van der Waals surface area contributed by atoms with Gasteiger partial charge in [0.2, 0.25) is 5.56 Å². The van der Waals surface area contributed by atoms with Gasteiger partial charge in [0.25, 0.3) is 0 Å². The summed E-state index contributed by atoms with van der Waals surface area (Å²) >= 11 is 0. The molecule has 0 bridgehead atoms. The van der Waals surface area contributed by atoms with Crippen molar-refractivity contribution in [3.8, 4) is 23.0 Å². The summed E-state index contributed by atoms with van der Waals surface area (Å²) in [5.74, 6) is 0.186. The Bertz CT molecular complexity index is 1400. The number of rotatable bonds is 5. The maximum absolute atomic E-state index is 14.5. The van der Waals surface area contributed by atoms with Crippen molar-refractivity contribution in [1.29, 1.82) is 0 Å². The third-order valence-corrected chi connectivity index (χ3v) is 6.14. The molecular weight excluding hydrogens is 431 g/mol. The number of hydrogen-bond donors (Lipinski definition) is 1. The van der Waals surface area contributed by atoms with Crippen molar-refractivity contribution in [1.82, 2.24) is 14.5 Å². The van der Waals surface area contributed by atoms with Crippen molar-refractivity contribution in [3.05, 3.63) is 99.7 Å². The molecule has 0 fully saturated rings. The lowest BCUT2D eigenvalue weighted by Crippen LogP contribution is -2.18. The quantitative estimate of drug-likeness (QED) is 0.425. The molecule has 0 spiro atoms. The number of para-hydroxylation sites is 1. The molecule has 1 aliphatic rings. The molecule has 34 heavy (non-hydrogen) atoms. The zero-order valence-electron chi connectivity index (χ0n) is 19.1. The summed E-state index contributed by atoms with van der Waals surface area (Å²) in [5.41, 5.74) is 4.41. The molecule has 0 amide bonds. The van der Waals surface area contributed by atoms with Crippen LogP contribution in [0, 0.1) is 12.7 Å². The van der Waals surface area contributed by atoms with Gasteiger partial charge in [-0.1, -0.05) is 36.4 Å². The lowest BCUT2D eigenvalue weighted by molar-refractivity contribution is 0.408. The summed E-state index contributed by atoms with van der Waals surface area (Å²) in [6.45, 7) is 1.77. The van der Waals surface area contributed by atoms with E-state index in [0.29, 0.717) is 17.1 Å². The van der Waals surface area contributed by atoms with Crippen molar-refractivity contribution in [2.75, 3.05) is 5.32 Å². The summed E-state index contributed by atoms with van der Waals surface area (Å²) in [7, 11) is 1.69. The van der Waals surface area contributed by atoms with E-state index in [0.717, 1.165) is 24.8 Å². The standard InChI is InChI=1S/C27H25FN4O2/c1-17-7-5-11-21(28)26(17)34-27-30-23(19-13-14-25(33)32(2)16-19)15-24(31-27)29-22-12-6-9-18-8-3-4-10-20(18)22/h3-5,7-8,10-11,13-16,22H,6,9,12H2,1-2H3,(H,29,30,31)/t22-/m1/s1. The SMILES string of the molecule is Cc1cccc(F)c1Oc1nc(N[C@@H]2CCCc3ccccc32)cc(-c2ccc(=O)n(C)c2)n1. The molecule has 0 saturated heterocycles. The minimum atomic E-state index is -0.480. The Hall–Kier alpha value is -4.00. The number of nitrogens with zero attached hydrogens (tertiary/aromatic N) is 3. The predicted molar refractivity (Wildman–Crippen MR) is 130 cm³/mol. The number of fused-ring (bicyclic) bond motifs is 1. The molecule has 0 aliphatic heterocycles. The van der Waals surface area contributed by atoms with Crippen molar-refractivity contribution < 1.29 is 9.13 Å². The molecule has 1 N–H and O–H groups in total. The molecule has 2 aromatic heterocycles. The van der Waals surface area contributed by atoms with Crippen LogP contribution in [-0.4, -0.2) is 14.5 Å². The molecule has 4 aromatic rings. The van der Waals surface area contributed by atoms with E-state index >= 15 is 0 Å².